The topological polar surface area (TPSA) is 103 Å². The van der Waals surface area contributed by atoms with Crippen molar-refractivity contribution in [1.82, 2.24) is 0 Å². The lowest BCUT2D eigenvalue weighted by molar-refractivity contribution is 0.0156. The maximum absolute atomic E-state index is 10.4. The standard InChI is InChI=1S/C7H15NO.C7H8O3S/c1-7(9)4-2-3-6(8)5-7;1-6-2-4-7(5-3-6)11(8,9)10/h6,9H,2-5,8H2,1H3;2-5H,1H3,(H,8,9,10)/p-1. The highest BCUT2D eigenvalue weighted by molar-refractivity contribution is 7.85. The molecule has 0 heterocycles. The van der Waals surface area contributed by atoms with Gasteiger partial charge in [0.2, 0.25) is 0 Å². The fourth-order valence-corrected chi connectivity index (χ4v) is 2.69. The first-order valence-electron chi connectivity index (χ1n) is 6.61. The largest absolute Gasteiger partial charge is 0.744 e. The second-order valence-corrected chi connectivity index (χ2v) is 7.00. The van der Waals surface area contributed by atoms with Crippen LogP contribution in [0.15, 0.2) is 29.2 Å². The molecular weight excluding hydrogens is 278 g/mol. The zero-order chi connectivity index (χ0) is 15.4. The minimum atomic E-state index is -4.27. The predicted octanol–water partition coefficient (Wildman–Crippen LogP) is 1.54. The van der Waals surface area contributed by atoms with E-state index < -0.39 is 15.7 Å². The molecule has 5 nitrogen and oxygen atoms in total. The normalized spacial score (nSPS) is 26.6. The summed E-state index contributed by atoms with van der Waals surface area (Å²) in [6.45, 7) is 3.69. The van der Waals surface area contributed by atoms with E-state index in [4.69, 9.17) is 5.73 Å². The summed E-state index contributed by atoms with van der Waals surface area (Å²) in [4.78, 5) is -0.178. The first kappa shape index (κ1) is 17.1. The molecule has 1 aliphatic carbocycles. The average molecular weight is 300 g/mol. The molecule has 0 radical (unpaired) electrons. The Morgan fingerprint density at radius 2 is 1.90 bits per heavy atom. The summed E-state index contributed by atoms with van der Waals surface area (Å²) in [6.07, 6.45) is 3.85. The second-order valence-electron chi connectivity index (χ2n) is 5.62. The van der Waals surface area contributed by atoms with E-state index in [9.17, 15) is 18.1 Å². The van der Waals surface area contributed by atoms with Crippen molar-refractivity contribution in [2.45, 2.75) is 56.1 Å². The van der Waals surface area contributed by atoms with E-state index in [-0.39, 0.29) is 10.9 Å². The molecule has 6 heteroatoms. The summed E-state index contributed by atoms with van der Waals surface area (Å²) in [6, 6.07) is 6.01. The third-order valence-corrected chi connectivity index (χ3v) is 4.15. The third-order valence-electron chi connectivity index (χ3n) is 3.30. The maximum Gasteiger partial charge on any atom is 0.124 e. The van der Waals surface area contributed by atoms with Gasteiger partial charge < -0.3 is 15.4 Å². The van der Waals surface area contributed by atoms with E-state index >= 15 is 0 Å². The smallest absolute Gasteiger partial charge is 0.124 e. The molecule has 1 aromatic rings. The first-order valence-corrected chi connectivity index (χ1v) is 8.01. The summed E-state index contributed by atoms with van der Waals surface area (Å²) in [5.41, 5.74) is 6.10. The number of rotatable bonds is 1. The third kappa shape index (κ3) is 6.00. The molecule has 0 bridgehead atoms. The van der Waals surface area contributed by atoms with Gasteiger partial charge in [-0.3, -0.25) is 0 Å². The molecule has 1 aromatic carbocycles. The van der Waals surface area contributed by atoms with Gasteiger partial charge in [0.25, 0.3) is 0 Å². The van der Waals surface area contributed by atoms with Crippen LogP contribution in [0.5, 0.6) is 0 Å². The zero-order valence-corrected chi connectivity index (χ0v) is 12.7. The van der Waals surface area contributed by atoms with Crippen LogP contribution >= 0.6 is 0 Å². The molecule has 1 saturated carbocycles. The minimum absolute atomic E-state index is 0.178. The molecule has 0 saturated heterocycles. The van der Waals surface area contributed by atoms with Gasteiger partial charge in [-0.1, -0.05) is 17.7 Å². The Balaban J connectivity index is 0.000000204. The first-order chi connectivity index (χ1) is 9.10. The summed E-state index contributed by atoms with van der Waals surface area (Å²) in [7, 11) is -4.27. The van der Waals surface area contributed by atoms with E-state index in [1.807, 2.05) is 13.8 Å². The van der Waals surface area contributed by atoms with Crippen molar-refractivity contribution in [3.8, 4) is 0 Å². The van der Waals surface area contributed by atoms with Crippen molar-refractivity contribution in [1.29, 1.82) is 0 Å². The Morgan fingerprint density at radius 1 is 1.35 bits per heavy atom. The van der Waals surface area contributed by atoms with Gasteiger partial charge in [-0.05, 0) is 51.7 Å². The van der Waals surface area contributed by atoms with Crippen LogP contribution in [0.3, 0.4) is 0 Å². The Morgan fingerprint density at radius 3 is 2.25 bits per heavy atom. The molecule has 0 spiro atoms. The van der Waals surface area contributed by atoms with Gasteiger partial charge in [0.05, 0.1) is 10.5 Å². The van der Waals surface area contributed by atoms with Crippen LogP contribution in [0, 0.1) is 6.92 Å². The van der Waals surface area contributed by atoms with E-state index in [1.54, 1.807) is 12.1 Å². The molecule has 0 aliphatic heterocycles. The second kappa shape index (κ2) is 6.67. The molecule has 3 N–H and O–H groups in total. The van der Waals surface area contributed by atoms with Gasteiger partial charge in [-0.2, -0.15) is 0 Å². The highest BCUT2D eigenvalue weighted by Gasteiger charge is 2.27. The van der Waals surface area contributed by atoms with Crippen LogP contribution in [-0.4, -0.2) is 29.7 Å². The molecule has 2 rings (SSSR count). The van der Waals surface area contributed by atoms with Gasteiger partial charge in [0, 0.05) is 6.04 Å². The highest BCUT2D eigenvalue weighted by atomic mass is 32.2. The van der Waals surface area contributed by atoms with Crippen LogP contribution in [-0.2, 0) is 10.1 Å². The molecule has 20 heavy (non-hydrogen) atoms. The Bertz CT molecular complexity index is 523. The fraction of sp³-hybridized carbons (Fsp3) is 0.571. The van der Waals surface area contributed by atoms with Gasteiger partial charge in [-0.15, -0.1) is 0 Å². The fourth-order valence-electron chi connectivity index (χ4n) is 2.22. The number of hydrogen-bond acceptors (Lipinski definition) is 5. The molecule has 2 unspecified atom stereocenters. The lowest BCUT2D eigenvalue weighted by atomic mass is 9.84. The predicted molar refractivity (Wildman–Crippen MR) is 76.2 cm³/mol. The Kier molecular flexibility index (Phi) is 5.70. The number of aliphatic hydroxyl groups is 1. The zero-order valence-electron chi connectivity index (χ0n) is 11.9. The average Bonchev–Trinajstić information content (AvgIpc) is 2.27. The molecule has 2 atom stereocenters. The molecule has 114 valence electrons. The Labute approximate surface area is 120 Å². The summed E-state index contributed by atoms with van der Waals surface area (Å²) in [5.74, 6) is 0. The van der Waals surface area contributed by atoms with Gasteiger partial charge >= 0.3 is 0 Å². The summed E-state index contributed by atoms with van der Waals surface area (Å²) >= 11 is 0. The van der Waals surface area contributed by atoms with E-state index in [0.29, 0.717) is 0 Å². The molecule has 0 aromatic heterocycles. The molecule has 1 aliphatic rings. The van der Waals surface area contributed by atoms with Crippen LogP contribution in [0.1, 0.15) is 38.2 Å². The van der Waals surface area contributed by atoms with Gasteiger partial charge in [-0.25, -0.2) is 8.42 Å². The van der Waals surface area contributed by atoms with Crippen molar-refractivity contribution in [3.05, 3.63) is 29.8 Å². The number of hydrogen-bond donors (Lipinski definition) is 2. The van der Waals surface area contributed by atoms with Crippen molar-refractivity contribution in [2.24, 2.45) is 5.73 Å². The van der Waals surface area contributed by atoms with E-state index in [2.05, 4.69) is 0 Å². The monoisotopic (exact) mass is 300 g/mol. The van der Waals surface area contributed by atoms with Crippen LogP contribution < -0.4 is 5.73 Å². The molecule has 1 fully saturated rings. The SMILES string of the molecule is CC1(O)CCCC(N)C1.Cc1ccc(S(=O)(=O)[O-])cc1. The number of nitrogens with two attached hydrogens (primary N) is 1. The van der Waals surface area contributed by atoms with Crippen LogP contribution in [0.2, 0.25) is 0 Å². The highest BCUT2D eigenvalue weighted by Crippen LogP contribution is 2.26. The van der Waals surface area contributed by atoms with Crippen LogP contribution in [0.25, 0.3) is 0 Å². The molecular formula is C14H22NO4S-. The number of benzene rings is 1. The van der Waals surface area contributed by atoms with Crippen molar-refractivity contribution >= 4 is 10.1 Å². The molecule has 0 amide bonds. The maximum atomic E-state index is 10.4. The summed E-state index contributed by atoms with van der Waals surface area (Å²) in [5, 5.41) is 9.46. The van der Waals surface area contributed by atoms with Crippen molar-refractivity contribution < 1.29 is 18.1 Å². The van der Waals surface area contributed by atoms with Gasteiger partial charge in [0.15, 0.2) is 0 Å². The van der Waals surface area contributed by atoms with Crippen LogP contribution in [0.4, 0.5) is 0 Å². The lowest BCUT2D eigenvalue weighted by Gasteiger charge is -2.31. The quantitative estimate of drug-likeness (QED) is 0.766. The van der Waals surface area contributed by atoms with E-state index in [0.717, 1.165) is 31.2 Å². The minimum Gasteiger partial charge on any atom is -0.744 e. The Hall–Kier alpha value is -0.950. The lowest BCUT2D eigenvalue weighted by Crippen LogP contribution is -2.38. The number of aryl methyl sites for hydroxylation is 1. The van der Waals surface area contributed by atoms with Crippen molar-refractivity contribution in [3.63, 3.8) is 0 Å². The van der Waals surface area contributed by atoms with E-state index in [1.165, 1.54) is 12.1 Å². The van der Waals surface area contributed by atoms with Crippen molar-refractivity contribution in [2.75, 3.05) is 0 Å². The van der Waals surface area contributed by atoms with Gasteiger partial charge in [0.1, 0.15) is 10.1 Å². The summed E-state index contributed by atoms with van der Waals surface area (Å²) < 4.78 is 31.2.